The van der Waals surface area contributed by atoms with Crippen LogP contribution in [0.15, 0.2) is 35.1 Å². The average Bonchev–Trinajstić information content (AvgIpc) is 2.82. The fourth-order valence-electron chi connectivity index (χ4n) is 1.46. The summed E-state index contributed by atoms with van der Waals surface area (Å²) in [5, 5.41) is 9.36. The SMILES string of the molecule is Cc1ccc(Br)c(C(=O)NCc2cn[nH]c2)c1. The van der Waals surface area contributed by atoms with E-state index in [0.29, 0.717) is 12.1 Å². The number of aromatic nitrogens is 2. The number of H-pyrrole nitrogens is 1. The van der Waals surface area contributed by atoms with Crippen LogP contribution in [0.2, 0.25) is 0 Å². The molecule has 1 heterocycles. The van der Waals surface area contributed by atoms with Gasteiger partial charge in [0.2, 0.25) is 0 Å². The number of hydrogen-bond donors (Lipinski definition) is 2. The summed E-state index contributed by atoms with van der Waals surface area (Å²) in [5.41, 5.74) is 2.65. The van der Waals surface area contributed by atoms with Crippen molar-refractivity contribution >= 4 is 21.8 Å². The lowest BCUT2D eigenvalue weighted by Crippen LogP contribution is -2.23. The molecule has 0 atom stereocenters. The second kappa shape index (κ2) is 5.14. The molecule has 4 nitrogen and oxygen atoms in total. The summed E-state index contributed by atoms with van der Waals surface area (Å²) < 4.78 is 0.799. The molecule has 0 aliphatic rings. The van der Waals surface area contributed by atoms with E-state index in [1.54, 1.807) is 12.4 Å². The molecule has 2 N–H and O–H groups in total. The molecule has 0 saturated carbocycles. The van der Waals surface area contributed by atoms with Crippen molar-refractivity contribution in [3.05, 3.63) is 51.8 Å². The number of carbonyl (C=O) groups excluding carboxylic acids is 1. The van der Waals surface area contributed by atoms with Crippen LogP contribution in [0.25, 0.3) is 0 Å². The maximum absolute atomic E-state index is 11.9. The molecule has 0 bridgehead atoms. The van der Waals surface area contributed by atoms with Crippen molar-refractivity contribution in [2.24, 2.45) is 0 Å². The fourth-order valence-corrected chi connectivity index (χ4v) is 1.89. The zero-order valence-electron chi connectivity index (χ0n) is 9.33. The van der Waals surface area contributed by atoms with Crippen LogP contribution in [0.3, 0.4) is 0 Å². The van der Waals surface area contributed by atoms with Gasteiger partial charge >= 0.3 is 0 Å². The van der Waals surface area contributed by atoms with Crippen molar-refractivity contribution in [2.75, 3.05) is 0 Å². The minimum absolute atomic E-state index is 0.0956. The molecule has 1 aromatic heterocycles. The first-order valence-corrected chi connectivity index (χ1v) is 5.98. The third-order valence-corrected chi connectivity index (χ3v) is 3.07. The van der Waals surface area contributed by atoms with Crippen LogP contribution >= 0.6 is 15.9 Å². The van der Waals surface area contributed by atoms with Gasteiger partial charge in [0.05, 0.1) is 11.8 Å². The van der Waals surface area contributed by atoms with Gasteiger partial charge in [-0.2, -0.15) is 5.10 Å². The lowest BCUT2D eigenvalue weighted by molar-refractivity contribution is 0.0950. The third kappa shape index (κ3) is 2.94. The Morgan fingerprint density at radius 2 is 2.35 bits per heavy atom. The molecule has 0 unspecified atom stereocenters. The van der Waals surface area contributed by atoms with Crippen molar-refractivity contribution in [3.8, 4) is 0 Å². The van der Waals surface area contributed by atoms with Gasteiger partial charge in [-0.1, -0.05) is 11.6 Å². The number of carbonyl (C=O) groups is 1. The van der Waals surface area contributed by atoms with E-state index in [1.807, 2.05) is 25.1 Å². The van der Waals surface area contributed by atoms with Crippen molar-refractivity contribution in [2.45, 2.75) is 13.5 Å². The van der Waals surface area contributed by atoms with Crippen LogP contribution < -0.4 is 5.32 Å². The number of aromatic amines is 1. The Balaban J connectivity index is 2.07. The minimum Gasteiger partial charge on any atom is -0.348 e. The second-order valence-electron chi connectivity index (χ2n) is 3.77. The highest BCUT2D eigenvalue weighted by molar-refractivity contribution is 9.10. The Hall–Kier alpha value is -1.62. The predicted molar refractivity (Wildman–Crippen MR) is 68.6 cm³/mol. The first-order valence-electron chi connectivity index (χ1n) is 5.19. The number of aryl methyl sites for hydroxylation is 1. The Labute approximate surface area is 108 Å². The Bertz CT molecular complexity index is 523. The van der Waals surface area contributed by atoms with Crippen LogP contribution in [0.4, 0.5) is 0 Å². The molecular formula is C12H12BrN3O. The lowest BCUT2D eigenvalue weighted by atomic mass is 10.1. The fraction of sp³-hybridized carbons (Fsp3) is 0.167. The average molecular weight is 294 g/mol. The molecule has 2 aromatic rings. The summed E-state index contributed by atoms with van der Waals surface area (Å²) in [6, 6.07) is 5.69. The number of nitrogens with one attached hydrogen (secondary N) is 2. The van der Waals surface area contributed by atoms with Crippen LogP contribution in [-0.2, 0) is 6.54 Å². The largest absolute Gasteiger partial charge is 0.348 e. The van der Waals surface area contributed by atoms with Crippen molar-refractivity contribution in [1.29, 1.82) is 0 Å². The zero-order valence-corrected chi connectivity index (χ0v) is 10.9. The zero-order chi connectivity index (χ0) is 12.3. The molecule has 5 heteroatoms. The van der Waals surface area contributed by atoms with Gasteiger partial charge in [-0.15, -0.1) is 0 Å². The molecule has 0 saturated heterocycles. The molecule has 17 heavy (non-hydrogen) atoms. The van der Waals surface area contributed by atoms with Crippen LogP contribution in [-0.4, -0.2) is 16.1 Å². The minimum atomic E-state index is -0.0956. The first kappa shape index (κ1) is 11.9. The summed E-state index contributed by atoms with van der Waals surface area (Å²) in [7, 11) is 0. The summed E-state index contributed by atoms with van der Waals surface area (Å²) in [6.45, 7) is 2.43. The van der Waals surface area contributed by atoms with Crippen molar-refractivity contribution in [1.82, 2.24) is 15.5 Å². The van der Waals surface area contributed by atoms with E-state index in [9.17, 15) is 4.79 Å². The van der Waals surface area contributed by atoms with E-state index in [-0.39, 0.29) is 5.91 Å². The number of benzene rings is 1. The number of hydrogen-bond acceptors (Lipinski definition) is 2. The Morgan fingerprint density at radius 3 is 3.06 bits per heavy atom. The second-order valence-corrected chi connectivity index (χ2v) is 4.63. The van der Waals surface area contributed by atoms with Gasteiger partial charge in [0, 0.05) is 22.8 Å². The maximum atomic E-state index is 11.9. The van der Waals surface area contributed by atoms with Gasteiger partial charge in [-0.05, 0) is 35.0 Å². The van der Waals surface area contributed by atoms with Gasteiger partial charge in [0.15, 0.2) is 0 Å². The van der Waals surface area contributed by atoms with E-state index in [1.165, 1.54) is 0 Å². The molecule has 88 valence electrons. The highest BCUT2D eigenvalue weighted by Gasteiger charge is 2.09. The molecular weight excluding hydrogens is 282 g/mol. The number of halogens is 1. The molecule has 0 radical (unpaired) electrons. The van der Waals surface area contributed by atoms with Gasteiger partial charge in [0.1, 0.15) is 0 Å². The monoisotopic (exact) mass is 293 g/mol. The third-order valence-electron chi connectivity index (χ3n) is 2.37. The molecule has 0 aliphatic carbocycles. The topological polar surface area (TPSA) is 57.8 Å². The van der Waals surface area contributed by atoms with Crippen molar-refractivity contribution < 1.29 is 4.79 Å². The van der Waals surface area contributed by atoms with Crippen LogP contribution in [0, 0.1) is 6.92 Å². The first-order chi connectivity index (χ1) is 8.16. The molecule has 1 aromatic carbocycles. The molecule has 1 amide bonds. The quantitative estimate of drug-likeness (QED) is 0.913. The number of rotatable bonds is 3. The van der Waals surface area contributed by atoms with E-state index in [0.717, 1.165) is 15.6 Å². The van der Waals surface area contributed by atoms with Crippen molar-refractivity contribution in [3.63, 3.8) is 0 Å². The Kier molecular flexibility index (Phi) is 3.58. The number of amides is 1. The summed E-state index contributed by atoms with van der Waals surface area (Å²) in [5.74, 6) is -0.0956. The van der Waals surface area contributed by atoms with E-state index < -0.39 is 0 Å². The highest BCUT2D eigenvalue weighted by atomic mass is 79.9. The van der Waals surface area contributed by atoms with E-state index in [2.05, 4.69) is 31.4 Å². The van der Waals surface area contributed by atoms with Crippen LogP contribution in [0.1, 0.15) is 21.5 Å². The van der Waals surface area contributed by atoms with Gasteiger partial charge < -0.3 is 5.32 Å². The predicted octanol–water partition coefficient (Wildman–Crippen LogP) is 2.41. The Morgan fingerprint density at radius 1 is 1.53 bits per heavy atom. The summed E-state index contributed by atoms with van der Waals surface area (Å²) >= 11 is 3.37. The lowest BCUT2D eigenvalue weighted by Gasteiger charge is -2.06. The van der Waals surface area contributed by atoms with Crippen LogP contribution in [0.5, 0.6) is 0 Å². The maximum Gasteiger partial charge on any atom is 0.252 e. The van der Waals surface area contributed by atoms with Gasteiger partial charge in [-0.25, -0.2) is 0 Å². The molecule has 0 fully saturated rings. The smallest absolute Gasteiger partial charge is 0.252 e. The number of nitrogens with zero attached hydrogens (tertiary/aromatic N) is 1. The standard InChI is InChI=1S/C12H12BrN3O/c1-8-2-3-11(13)10(4-8)12(17)14-5-9-6-15-16-7-9/h2-4,6-7H,5H2,1H3,(H,14,17)(H,15,16). The summed E-state index contributed by atoms with van der Waals surface area (Å²) in [6.07, 6.45) is 3.44. The molecule has 0 aliphatic heterocycles. The van der Waals surface area contributed by atoms with Gasteiger partial charge in [0.25, 0.3) is 5.91 Å². The van der Waals surface area contributed by atoms with Gasteiger partial charge in [-0.3, -0.25) is 9.89 Å². The molecule has 0 spiro atoms. The normalized spacial score (nSPS) is 10.2. The molecule has 2 rings (SSSR count). The highest BCUT2D eigenvalue weighted by Crippen LogP contribution is 2.18. The van der Waals surface area contributed by atoms with E-state index >= 15 is 0 Å². The summed E-state index contributed by atoms with van der Waals surface area (Å²) in [4.78, 5) is 11.9. The van der Waals surface area contributed by atoms with E-state index in [4.69, 9.17) is 0 Å².